The van der Waals surface area contributed by atoms with Crippen LogP contribution in [0.5, 0.6) is 0 Å². The minimum atomic E-state index is -0.291. The third-order valence-electron chi connectivity index (χ3n) is 3.92. The van der Waals surface area contributed by atoms with Crippen LogP contribution in [0.2, 0.25) is 0 Å². The molecular weight excluding hydrogens is 318 g/mol. The zero-order chi connectivity index (χ0) is 14.1. The van der Waals surface area contributed by atoms with Crippen LogP contribution >= 0.6 is 15.9 Å². The van der Waals surface area contributed by atoms with E-state index in [4.69, 9.17) is 0 Å². The molecule has 2 atom stereocenters. The molecule has 0 aromatic heterocycles. The topological polar surface area (TPSA) is 43.1 Å². The van der Waals surface area contributed by atoms with Crippen molar-refractivity contribution in [1.82, 2.24) is 0 Å². The summed E-state index contributed by atoms with van der Waals surface area (Å²) < 4.78 is 0. The van der Waals surface area contributed by atoms with Crippen LogP contribution in [0.4, 0.5) is 5.69 Å². The SMILES string of the molecule is O=[N+]([O-])c1ccccc1CC1Cc2ccccc2C1Br. The van der Waals surface area contributed by atoms with Crippen molar-refractivity contribution in [1.29, 1.82) is 0 Å². The summed E-state index contributed by atoms with van der Waals surface area (Å²) >= 11 is 3.75. The van der Waals surface area contributed by atoms with Crippen LogP contribution in [-0.2, 0) is 12.8 Å². The molecule has 0 saturated heterocycles. The van der Waals surface area contributed by atoms with Crippen molar-refractivity contribution in [2.24, 2.45) is 5.92 Å². The fourth-order valence-corrected chi connectivity index (χ4v) is 3.77. The van der Waals surface area contributed by atoms with Gasteiger partial charge in [-0.25, -0.2) is 0 Å². The van der Waals surface area contributed by atoms with Gasteiger partial charge in [0.1, 0.15) is 0 Å². The van der Waals surface area contributed by atoms with E-state index in [-0.39, 0.29) is 15.4 Å². The highest BCUT2D eigenvalue weighted by molar-refractivity contribution is 9.09. The highest BCUT2D eigenvalue weighted by Crippen LogP contribution is 2.44. The van der Waals surface area contributed by atoms with Gasteiger partial charge in [-0.15, -0.1) is 0 Å². The van der Waals surface area contributed by atoms with Gasteiger partial charge in [0, 0.05) is 16.5 Å². The molecule has 0 N–H and O–H groups in total. The Hall–Kier alpha value is -1.68. The van der Waals surface area contributed by atoms with Crippen molar-refractivity contribution in [2.45, 2.75) is 17.7 Å². The summed E-state index contributed by atoms with van der Waals surface area (Å²) in [7, 11) is 0. The van der Waals surface area contributed by atoms with Gasteiger partial charge in [-0.3, -0.25) is 10.1 Å². The molecule has 2 aromatic carbocycles. The Morgan fingerprint density at radius 3 is 2.60 bits per heavy atom. The predicted octanol–water partition coefficient (Wildman–Crippen LogP) is 4.45. The molecule has 0 spiro atoms. The van der Waals surface area contributed by atoms with Gasteiger partial charge in [-0.2, -0.15) is 0 Å². The standard InChI is InChI=1S/C16H14BrNO2/c17-16-13(9-11-5-1-3-7-14(11)16)10-12-6-2-4-8-15(12)18(19)20/h1-8,13,16H,9-10H2. The zero-order valence-electron chi connectivity index (χ0n) is 10.8. The van der Waals surface area contributed by atoms with E-state index < -0.39 is 0 Å². The molecule has 0 radical (unpaired) electrons. The molecule has 0 heterocycles. The molecule has 102 valence electrons. The van der Waals surface area contributed by atoms with Gasteiger partial charge in [0.05, 0.1) is 4.92 Å². The third-order valence-corrected chi connectivity index (χ3v) is 5.16. The van der Waals surface area contributed by atoms with E-state index in [2.05, 4.69) is 28.1 Å². The third kappa shape index (κ3) is 2.36. The Labute approximate surface area is 125 Å². The molecule has 0 amide bonds. The van der Waals surface area contributed by atoms with E-state index in [1.165, 1.54) is 11.1 Å². The first kappa shape index (κ1) is 13.3. The average molecular weight is 332 g/mol. The monoisotopic (exact) mass is 331 g/mol. The van der Waals surface area contributed by atoms with Crippen LogP contribution < -0.4 is 0 Å². The van der Waals surface area contributed by atoms with Gasteiger partial charge >= 0.3 is 0 Å². The molecule has 0 aliphatic heterocycles. The number of rotatable bonds is 3. The van der Waals surface area contributed by atoms with E-state index in [0.717, 1.165) is 18.4 Å². The number of para-hydroxylation sites is 1. The lowest BCUT2D eigenvalue weighted by Gasteiger charge is -2.14. The summed E-state index contributed by atoms with van der Waals surface area (Å²) in [5.41, 5.74) is 3.71. The van der Waals surface area contributed by atoms with E-state index in [1.807, 2.05) is 24.3 Å². The largest absolute Gasteiger partial charge is 0.272 e. The second-order valence-electron chi connectivity index (χ2n) is 5.15. The summed E-state index contributed by atoms with van der Waals surface area (Å²) in [5, 5.41) is 11.1. The lowest BCUT2D eigenvalue weighted by atomic mass is 9.95. The lowest BCUT2D eigenvalue weighted by molar-refractivity contribution is -0.385. The molecule has 1 aliphatic carbocycles. The second-order valence-corrected chi connectivity index (χ2v) is 6.14. The Balaban J connectivity index is 1.86. The molecule has 2 aromatic rings. The molecular formula is C16H14BrNO2. The van der Waals surface area contributed by atoms with Crippen LogP contribution in [0.3, 0.4) is 0 Å². The number of hydrogen-bond acceptors (Lipinski definition) is 2. The summed E-state index contributed by atoms with van der Waals surface area (Å²) in [4.78, 5) is 11.1. The molecule has 1 aliphatic rings. The summed E-state index contributed by atoms with van der Waals surface area (Å²) in [6, 6.07) is 15.4. The fraction of sp³-hybridized carbons (Fsp3) is 0.250. The average Bonchev–Trinajstić information content (AvgIpc) is 2.76. The van der Waals surface area contributed by atoms with Crippen molar-refractivity contribution in [2.75, 3.05) is 0 Å². The maximum atomic E-state index is 11.1. The fourth-order valence-electron chi connectivity index (χ4n) is 2.95. The van der Waals surface area contributed by atoms with Gasteiger partial charge in [-0.05, 0) is 29.9 Å². The number of hydrogen-bond donors (Lipinski definition) is 0. The molecule has 3 nitrogen and oxygen atoms in total. The minimum Gasteiger partial charge on any atom is -0.258 e. The number of nitro benzene ring substituents is 1. The highest BCUT2D eigenvalue weighted by Gasteiger charge is 2.31. The molecule has 3 rings (SSSR count). The Morgan fingerprint density at radius 2 is 1.85 bits per heavy atom. The molecule has 0 bridgehead atoms. The minimum absolute atomic E-state index is 0.225. The van der Waals surface area contributed by atoms with Crippen LogP contribution in [-0.4, -0.2) is 4.92 Å². The van der Waals surface area contributed by atoms with E-state index >= 15 is 0 Å². The van der Waals surface area contributed by atoms with E-state index in [1.54, 1.807) is 12.1 Å². The summed E-state index contributed by atoms with van der Waals surface area (Å²) in [6.45, 7) is 0. The van der Waals surface area contributed by atoms with Gasteiger partial charge in [0.25, 0.3) is 5.69 Å². The smallest absolute Gasteiger partial charge is 0.258 e. The number of nitrogens with zero attached hydrogens (tertiary/aromatic N) is 1. The molecule has 4 heteroatoms. The zero-order valence-corrected chi connectivity index (χ0v) is 12.4. The first-order valence-electron chi connectivity index (χ1n) is 6.61. The molecule has 2 unspecified atom stereocenters. The molecule has 20 heavy (non-hydrogen) atoms. The Kier molecular flexibility index (Phi) is 3.57. The summed E-state index contributed by atoms with van der Waals surface area (Å²) in [6.07, 6.45) is 1.69. The summed E-state index contributed by atoms with van der Waals surface area (Å²) in [5.74, 6) is 0.369. The molecule has 0 saturated carbocycles. The quantitative estimate of drug-likeness (QED) is 0.474. The second kappa shape index (κ2) is 5.37. The highest BCUT2D eigenvalue weighted by atomic mass is 79.9. The van der Waals surface area contributed by atoms with Gasteiger partial charge in [0.2, 0.25) is 0 Å². The van der Waals surface area contributed by atoms with Crippen molar-refractivity contribution in [3.8, 4) is 0 Å². The van der Waals surface area contributed by atoms with Crippen molar-refractivity contribution < 1.29 is 4.92 Å². The van der Waals surface area contributed by atoms with Gasteiger partial charge in [-0.1, -0.05) is 58.4 Å². The number of benzene rings is 2. The van der Waals surface area contributed by atoms with Crippen molar-refractivity contribution in [3.05, 3.63) is 75.3 Å². The maximum Gasteiger partial charge on any atom is 0.272 e. The predicted molar refractivity (Wildman–Crippen MR) is 82.1 cm³/mol. The Morgan fingerprint density at radius 1 is 1.15 bits per heavy atom. The van der Waals surface area contributed by atoms with Crippen molar-refractivity contribution >= 4 is 21.6 Å². The molecule has 0 fully saturated rings. The van der Waals surface area contributed by atoms with E-state index in [9.17, 15) is 10.1 Å². The Bertz CT molecular complexity index is 656. The van der Waals surface area contributed by atoms with Gasteiger partial charge in [0.15, 0.2) is 0 Å². The lowest BCUT2D eigenvalue weighted by Crippen LogP contribution is -2.08. The van der Waals surface area contributed by atoms with E-state index in [0.29, 0.717) is 5.92 Å². The van der Waals surface area contributed by atoms with Crippen molar-refractivity contribution in [3.63, 3.8) is 0 Å². The number of nitro groups is 1. The van der Waals surface area contributed by atoms with Gasteiger partial charge < -0.3 is 0 Å². The number of alkyl halides is 1. The van der Waals surface area contributed by atoms with Crippen LogP contribution in [0.15, 0.2) is 48.5 Å². The first-order chi connectivity index (χ1) is 9.66. The maximum absolute atomic E-state index is 11.1. The normalized spacial score (nSPS) is 20.6. The number of fused-ring (bicyclic) bond motifs is 1. The van der Waals surface area contributed by atoms with Crippen LogP contribution in [0.1, 0.15) is 21.5 Å². The van der Waals surface area contributed by atoms with Crippen LogP contribution in [0.25, 0.3) is 0 Å². The first-order valence-corrected chi connectivity index (χ1v) is 7.52. The van der Waals surface area contributed by atoms with Crippen LogP contribution in [0, 0.1) is 16.0 Å². The number of halogens is 1.